The Morgan fingerprint density at radius 2 is 1.69 bits per heavy atom. The van der Waals surface area contributed by atoms with Crippen LogP contribution in [0, 0.1) is 0 Å². The molecule has 3 aromatic carbocycles. The maximum absolute atomic E-state index is 13.8. The van der Waals surface area contributed by atoms with Gasteiger partial charge in [-0.25, -0.2) is 4.79 Å². The standard InChI is InChI=1S/C34H41N3O2/c1-5-6-22-39-33(38)32-31(26-14-16-27(17-15-26)34(2,3)4)29-12-7-8-13-30(29)37(32)24-25-10-9-11-28(23-25)36-20-18-35-19-21-36/h7-17,23,35H,5-6,18-22,24H2,1-4H3. The second-order valence-corrected chi connectivity index (χ2v) is 11.6. The molecule has 1 saturated heterocycles. The van der Waals surface area contributed by atoms with Crippen LogP contribution < -0.4 is 10.2 Å². The minimum Gasteiger partial charge on any atom is -0.461 e. The van der Waals surface area contributed by atoms with Crippen LogP contribution in [0.5, 0.6) is 0 Å². The second-order valence-electron chi connectivity index (χ2n) is 11.6. The number of carbonyl (C=O) groups excluding carboxylic acids is 1. The summed E-state index contributed by atoms with van der Waals surface area (Å²) in [5.74, 6) is -0.257. The number of esters is 1. The highest BCUT2D eigenvalue weighted by Crippen LogP contribution is 2.37. The molecule has 1 aliphatic heterocycles. The molecular formula is C34H41N3O2. The van der Waals surface area contributed by atoms with Gasteiger partial charge in [-0.15, -0.1) is 0 Å². The highest BCUT2D eigenvalue weighted by molar-refractivity contribution is 6.08. The van der Waals surface area contributed by atoms with Gasteiger partial charge in [-0.1, -0.05) is 88.7 Å². The molecule has 1 N–H and O–H groups in total. The summed E-state index contributed by atoms with van der Waals surface area (Å²) in [7, 11) is 0. The fraction of sp³-hybridized carbons (Fsp3) is 0.382. The van der Waals surface area contributed by atoms with Gasteiger partial charge in [0.15, 0.2) is 0 Å². The van der Waals surface area contributed by atoms with Crippen molar-refractivity contribution in [3.05, 3.63) is 89.6 Å². The highest BCUT2D eigenvalue weighted by Gasteiger charge is 2.26. The van der Waals surface area contributed by atoms with E-state index in [4.69, 9.17) is 4.74 Å². The molecule has 0 aliphatic carbocycles. The molecule has 5 heteroatoms. The van der Waals surface area contributed by atoms with Gasteiger partial charge in [-0.05, 0) is 46.7 Å². The zero-order valence-corrected chi connectivity index (χ0v) is 23.8. The summed E-state index contributed by atoms with van der Waals surface area (Å²) in [5, 5.41) is 4.50. The normalized spacial score (nSPS) is 14.1. The van der Waals surface area contributed by atoms with E-state index in [1.807, 2.05) is 0 Å². The molecule has 1 fully saturated rings. The fourth-order valence-electron chi connectivity index (χ4n) is 5.44. The summed E-state index contributed by atoms with van der Waals surface area (Å²) in [6.45, 7) is 13.8. The molecular weight excluding hydrogens is 482 g/mol. The van der Waals surface area contributed by atoms with Crippen LogP contribution in [0.15, 0.2) is 72.8 Å². The van der Waals surface area contributed by atoms with Crippen LogP contribution >= 0.6 is 0 Å². The molecule has 0 bridgehead atoms. The topological polar surface area (TPSA) is 46.5 Å². The summed E-state index contributed by atoms with van der Waals surface area (Å²) in [4.78, 5) is 16.2. The van der Waals surface area contributed by atoms with Gasteiger partial charge >= 0.3 is 5.97 Å². The van der Waals surface area contributed by atoms with Crippen molar-refractivity contribution in [2.75, 3.05) is 37.7 Å². The number of nitrogens with one attached hydrogen (secondary N) is 1. The Morgan fingerprint density at radius 1 is 0.949 bits per heavy atom. The van der Waals surface area contributed by atoms with Crippen LogP contribution in [0.1, 0.15) is 62.2 Å². The van der Waals surface area contributed by atoms with Crippen molar-refractivity contribution in [3.63, 3.8) is 0 Å². The van der Waals surface area contributed by atoms with Crippen LogP contribution in [0.3, 0.4) is 0 Å². The summed E-state index contributed by atoms with van der Waals surface area (Å²) in [6.07, 6.45) is 1.84. The first-order chi connectivity index (χ1) is 18.9. The Kier molecular flexibility index (Phi) is 8.08. The molecule has 0 amide bonds. The molecule has 5 rings (SSSR count). The van der Waals surface area contributed by atoms with Gasteiger partial charge in [-0.3, -0.25) is 0 Å². The summed E-state index contributed by atoms with van der Waals surface area (Å²) in [5.41, 5.74) is 7.39. The number of carbonyl (C=O) groups is 1. The molecule has 204 valence electrons. The number of hydrogen-bond donors (Lipinski definition) is 1. The number of fused-ring (bicyclic) bond motifs is 1. The molecule has 0 radical (unpaired) electrons. The first-order valence-electron chi connectivity index (χ1n) is 14.3. The monoisotopic (exact) mass is 523 g/mol. The predicted molar refractivity (Wildman–Crippen MR) is 162 cm³/mol. The van der Waals surface area contributed by atoms with Gasteiger partial charge in [0.25, 0.3) is 0 Å². The van der Waals surface area contributed by atoms with E-state index in [0.29, 0.717) is 18.8 Å². The number of anilines is 1. The molecule has 2 heterocycles. The van der Waals surface area contributed by atoms with Crippen molar-refractivity contribution < 1.29 is 9.53 Å². The second kappa shape index (κ2) is 11.7. The Hall–Kier alpha value is -3.57. The number of hydrogen-bond acceptors (Lipinski definition) is 4. The lowest BCUT2D eigenvalue weighted by molar-refractivity contribution is 0.0489. The largest absolute Gasteiger partial charge is 0.461 e. The molecule has 0 spiro atoms. The molecule has 1 aliphatic rings. The minimum atomic E-state index is -0.257. The van der Waals surface area contributed by atoms with E-state index in [1.54, 1.807) is 0 Å². The number of nitrogens with zero attached hydrogens (tertiary/aromatic N) is 2. The van der Waals surface area contributed by atoms with Crippen molar-refractivity contribution in [3.8, 4) is 11.1 Å². The lowest BCUT2D eigenvalue weighted by Gasteiger charge is -2.29. The molecule has 0 unspecified atom stereocenters. The van der Waals surface area contributed by atoms with E-state index < -0.39 is 0 Å². The van der Waals surface area contributed by atoms with Gasteiger partial charge in [0.05, 0.1) is 6.61 Å². The SMILES string of the molecule is CCCCOC(=O)c1c(-c2ccc(C(C)(C)C)cc2)c2ccccc2n1Cc1cccc(N2CCNCC2)c1. The molecule has 0 atom stereocenters. The van der Waals surface area contributed by atoms with Crippen LogP contribution in [-0.2, 0) is 16.7 Å². The third-order valence-electron chi connectivity index (χ3n) is 7.67. The number of rotatable bonds is 8. The van der Waals surface area contributed by atoms with Crippen molar-refractivity contribution in [1.82, 2.24) is 9.88 Å². The first kappa shape index (κ1) is 27.0. The van der Waals surface area contributed by atoms with Crippen molar-refractivity contribution in [1.29, 1.82) is 0 Å². The molecule has 5 nitrogen and oxygen atoms in total. The number of para-hydroxylation sites is 1. The average Bonchev–Trinajstić information content (AvgIpc) is 3.27. The summed E-state index contributed by atoms with van der Waals surface area (Å²) >= 11 is 0. The summed E-state index contributed by atoms with van der Waals surface area (Å²) < 4.78 is 8.02. The van der Waals surface area contributed by atoms with Gasteiger partial charge in [0, 0.05) is 54.9 Å². The molecule has 4 aromatic rings. The van der Waals surface area contributed by atoms with Crippen LogP contribution in [0.25, 0.3) is 22.0 Å². The predicted octanol–water partition coefficient (Wildman–Crippen LogP) is 7.02. The van der Waals surface area contributed by atoms with Crippen LogP contribution in [-0.4, -0.2) is 43.3 Å². The van der Waals surface area contributed by atoms with E-state index in [9.17, 15) is 4.79 Å². The molecule has 39 heavy (non-hydrogen) atoms. The zero-order valence-electron chi connectivity index (χ0n) is 23.8. The van der Waals surface area contributed by atoms with E-state index >= 15 is 0 Å². The number of benzene rings is 3. The number of aromatic nitrogens is 1. The lowest BCUT2D eigenvalue weighted by atomic mass is 9.86. The van der Waals surface area contributed by atoms with Crippen molar-refractivity contribution in [2.24, 2.45) is 0 Å². The first-order valence-corrected chi connectivity index (χ1v) is 14.3. The third-order valence-corrected chi connectivity index (χ3v) is 7.67. The number of piperazine rings is 1. The third kappa shape index (κ3) is 5.89. The minimum absolute atomic E-state index is 0.0594. The Morgan fingerprint density at radius 3 is 2.41 bits per heavy atom. The smallest absolute Gasteiger partial charge is 0.355 e. The van der Waals surface area contributed by atoms with Crippen LogP contribution in [0.2, 0.25) is 0 Å². The zero-order chi connectivity index (χ0) is 27.4. The van der Waals surface area contributed by atoms with E-state index in [2.05, 4.69) is 115 Å². The lowest BCUT2D eigenvalue weighted by Crippen LogP contribution is -2.43. The van der Waals surface area contributed by atoms with Gasteiger partial charge in [0.1, 0.15) is 5.69 Å². The molecule has 0 saturated carbocycles. The van der Waals surface area contributed by atoms with E-state index in [0.717, 1.165) is 61.1 Å². The van der Waals surface area contributed by atoms with Crippen molar-refractivity contribution in [2.45, 2.75) is 52.5 Å². The van der Waals surface area contributed by atoms with Crippen LogP contribution in [0.4, 0.5) is 5.69 Å². The van der Waals surface area contributed by atoms with Gasteiger partial charge in [0.2, 0.25) is 0 Å². The van der Waals surface area contributed by atoms with E-state index in [-0.39, 0.29) is 11.4 Å². The summed E-state index contributed by atoms with van der Waals surface area (Å²) in [6, 6.07) is 25.8. The fourth-order valence-corrected chi connectivity index (χ4v) is 5.44. The maximum Gasteiger partial charge on any atom is 0.355 e. The van der Waals surface area contributed by atoms with Gasteiger partial charge < -0.3 is 19.5 Å². The highest BCUT2D eigenvalue weighted by atomic mass is 16.5. The Labute approximate surface area is 232 Å². The molecule has 1 aromatic heterocycles. The Bertz CT molecular complexity index is 1420. The van der Waals surface area contributed by atoms with E-state index in [1.165, 1.54) is 16.8 Å². The van der Waals surface area contributed by atoms with Gasteiger partial charge in [-0.2, -0.15) is 0 Å². The maximum atomic E-state index is 13.8. The number of unbranched alkanes of at least 4 members (excludes halogenated alkanes) is 1. The quantitative estimate of drug-likeness (QED) is 0.199. The number of ether oxygens (including phenoxy) is 1. The van der Waals surface area contributed by atoms with Crippen molar-refractivity contribution >= 4 is 22.6 Å². The Balaban J connectivity index is 1.62. The average molecular weight is 524 g/mol.